The molecule has 0 spiro atoms. The van der Waals surface area contributed by atoms with Gasteiger partial charge in [-0.05, 0) is 11.5 Å². The lowest BCUT2D eigenvalue weighted by atomic mass is 10.0. The van der Waals surface area contributed by atoms with Crippen LogP contribution in [0.15, 0.2) is 24.3 Å². The van der Waals surface area contributed by atoms with Gasteiger partial charge in [0.25, 0.3) is 0 Å². The maximum Gasteiger partial charge on any atom is 0.134 e. The molecule has 1 aromatic carbocycles. The molecule has 3 nitrogen and oxygen atoms in total. The number of aromatic amines is 1. The minimum atomic E-state index is 0.0650. The Balaban J connectivity index is 2.30. The molecule has 18 heavy (non-hydrogen) atoms. The number of rotatable bonds is 4. The van der Waals surface area contributed by atoms with E-state index in [2.05, 4.69) is 35.9 Å². The molecule has 96 valence electrons. The number of H-pyrrole nitrogens is 1. The zero-order valence-corrected chi connectivity index (χ0v) is 11.3. The average molecular weight is 265 g/mol. The highest BCUT2D eigenvalue weighted by molar-refractivity contribution is 6.31. The zero-order chi connectivity index (χ0) is 13.1. The summed E-state index contributed by atoms with van der Waals surface area (Å²) in [5.41, 5.74) is 3.03. The molecule has 0 aliphatic carbocycles. The van der Waals surface area contributed by atoms with E-state index in [-0.39, 0.29) is 6.61 Å². The van der Waals surface area contributed by atoms with Gasteiger partial charge in [0.1, 0.15) is 16.7 Å². The van der Waals surface area contributed by atoms with Crippen molar-refractivity contribution in [3.05, 3.63) is 40.8 Å². The van der Waals surface area contributed by atoms with Crippen LogP contribution in [0.3, 0.4) is 0 Å². The van der Waals surface area contributed by atoms with E-state index in [1.165, 1.54) is 5.56 Å². The Bertz CT molecular complexity index is 517. The van der Waals surface area contributed by atoms with E-state index in [0.717, 1.165) is 11.3 Å². The quantitative estimate of drug-likeness (QED) is 0.889. The van der Waals surface area contributed by atoms with Crippen molar-refractivity contribution in [3.8, 4) is 11.3 Å². The molecule has 0 amide bonds. The highest BCUT2D eigenvalue weighted by Gasteiger charge is 2.10. The van der Waals surface area contributed by atoms with Gasteiger partial charge < -0.3 is 10.1 Å². The average Bonchev–Trinajstić information content (AvgIpc) is 2.71. The first-order valence-electron chi connectivity index (χ1n) is 6.07. The molecule has 2 N–H and O–H groups in total. The molecule has 0 saturated heterocycles. The fourth-order valence-electron chi connectivity index (χ4n) is 1.84. The van der Waals surface area contributed by atoms with Crippen molar-refractivity contribution in [2.45, 2.75) is 26.2 Å². The van der Waals surface area contributed by atoms with Crippen LogP contribution in [0.5, 0.6) is 0 Å². The number of imidazole rings is 1. The lowest BCUT2D eigenvalue weighted by molar-refractivity contribution is 0.297. The second-order valence-electron chi connectivity index (χ2n) is 4.60. The molecule has 0 radical (unpaired) electrons. The Kier molecular flexibility index (Phi) is 4.04. The molecule has 2 rings (SSSR count). The van der Waals surface area contributed by atoms with Gasteiger partial charge in [-0.1, -0.05) is 49.7 Å². The molecule has 0 fully saturated rings. The number of halogens is 1. The van der Waals surface area contributed by atoms with Gasteiger partial charge in [0.2, 0.25) is 0 Å². The third-order valence-electron chi connectivity index (χ3n) is 2.91. The molecule has 4 heteroatoms. The van der Waals surface area contributed by atoms with E-state index < -0.39 is 0 Å². The Morgan fingerprint density at radius 3 is 2.50 bits per heavy atom. The lowest BCUT2D eigenvalue weighted by Crippen LogP contribution is -1.92. The maximum atomic E-state index is 8.88. The molecule has 0 saturated carbocycles. The molecular formula is C14H17ClN2O. The summed E-state index contributed by atoms with van der Waals surface area (Å²) in [7, 11) is 0. The number of benzene rings is 1. The summed E-state index contributed by atoms with van der Waals surface area (Å²) in [6.45, 7) is 4.39. The second kappa shape index (κ2) is 5.55. The third-order valence-corrected chi connectivity index (χ3v) is 3.18. The van der Waals surface area contributed by atoms with Crippen LogP contribution in [-0.2, 0) is 6.42 Å². The monoisotopic (exact) mass is 264 g/mol. The lowest BCUT2D eigenvalue weighted by Gasteiger charge is -2.05. The first-order chi connectivity index (χ1) is 8.61. The van der Waals surface area contributed by atoms with E-state index >= 15 is 0 Å². The van der Waals surface area contributed by atoms with Crippen molar-refractivity contribution in [1.29, 1.82) is 0 Å². The SMILES string of the molecule is CC(C)c1ccc(-c2nc(CCO)[nH]c2Cl)cc1. The van der Waals surface area contributed by atoms with Crippen molar-refractivity contribution in [2.24, 2.45) is 0 Å². The first-order valence-corrected chi connectivity index (χ1v) is 6.45. The highest BCUT2D eigenvalue weighted by atomic mass is 35.5. The van der Waals surface area contributed by atoms with Crippen LogP contribution in [0, 0.1) is 0 Å². The predicted molar refractivity (Wildman–Crippen MR) is 73.9 cm³/mol. The molecule has 0 atom stereocenters. The minimum absolute atomic E-state index is 0.0650. The summed E-state index contributed by atoms with van der Waals surface area (Å²) in [5.74, 6) is 1.23. The van der Waals surface area contributed by atoms with E-state index in [9.17, 15) is 0 Å². The summed E-state index contributed by atoms with van der Waals surface area (Å²) in [6.07, 6.45) is 0.490. The third kappa shape index (κ3) is 2.74. The number of aliphatic hydroxyl groups is 1. The van der Waals surface area contributed by atoms with Crippen molar-refractivity contribution in [3.63, 3.8) is 0 Å². The topological polar surface area (TPSA) is 48.9 Å². The van der Waals surface area contributed by atoms with Crippen molar-refractivity contribution in [2.75, 3.05) is 6.61 Å². The van der Waals surface area contributed by atoms with Crippen LogP contribution in [0.25, 0.3) is 11.3 Å². The number of hydrogen-bond donors (Lipinski definition) is 2. The Labute approximate surface area is 112 Å². The minimum Gasteiger partial charge on any atom is -0.396 e. The van der Waals surface area contributed by atoms with Crippen LogP contribution in [0.2, 0.25) is 5.15 Å². The molecule has 0 bridgehead atoms. The van der Waals surface area contributed by atoms with Crippen molar-refractivity contribution in [1.82, 2.24) is 9.97 Å². The molecule has 2 aromatic rings. The molecule has 0 aliphatic rings. The second-order valence-corrected chi connectivity index (χ2v) is 4.97. The van der Waals surface area contributed by atoms with Gasteiger partial charge >= 0.3 is 0 Å². The zero-order valence-electron chi connectivity index (χ0n) is 10.6. The highest BCUT2D eigenvalue weighted by Crippen LogP contribution is 2.27. The van der Waals surface area contributed by atoms with Crippen LogP contribution in [0.4, 0.5) is 0 Å². The van der Waals surface area contributed by atoms with E-state index in [1.54, 1.807) is 0 Å². The molecule has 0 unspecified atom stereocenters. The fourth-order valence-corrected chi connectivity index (χ4v) is 2.10. The van der Waals surface area contributed by atoms with Gasteiger partial charge in [0.15, 0.2) is 0 Å². The predicted octanol–water partition coefficient (Wildman–Crippen LogP) is 3.39. The smallest absolute Gasteiger partial charge is 0.134 e. The summed E-state index contributed by atoms with van der Waals surface area (Å²) < 4.78 is 0. The molecule has 1 aromatic heterocycles. The standard InChI is InChI=1S/C14H17ClN2O/c1-9(2)10-3-5-11(6-4-10)13-14(15)17-12(16-13)7-8-18/h3-6,9,18H,7-8H2,1-2H3,(H,16,17). The fraction of sp³-hybridized carbons (Fsp3) is 0.357. The normalized spacial score (nSPS) is 11.2. The van der Waals surface area contributed by atoms with Crippen LogP contribution < -0.4 is 0 Å². The molecular weight excluding hydrogens is 248 g/mol. The van der Waals surface area contributed by atoms with Crippen LogP contribution in [0.1, 0.15) is 31.2 Å². The number of aliphatic hydroxyl groups excluding tert-OH is 1. The van der Waals surface area contributed by atoms with Gasteiger partial charge in [-0.2, -0.15) is 0 Å². The summed E-state index contributed by atoms with van der Waals surface area (Å²) in [4.78, 5) is 7.37. The van der Waals surface area contributed by atoms with E-state index in [4.69, 9.17) is 16.7 Å². The van der Waals surface area contributed by atoms with Gasteiger partial charge in [0, 0.05) is 12.0 Å². The number of nitrogens with one attached hydrogen (secondary N) is 1. The van der Waals surface area contributed by atoms with Gasteiger partial charge in [-0.25, -0.2) is 4.98 Å². The van der Waals surface area contributed by atoms with Crippen LogP contribution in [-0.4, -0.2) is 21.7 Å². The van der Waals surface area contributed by atoms with Crippen LogP contribution >= 0.6 is 11.6 Å². The Morgan fingerprint density at radius 2 is 1.94 bits per heavy atom. The van der Waals surface area contributed by atoms with Crippen molar-refractivity contribution >= 4 is 11.6 Å². The first kappa shape index (κ1) is 13.1. The number of nitrogens with zero attached hydrogens (tertiary/aromatic N) is 1. The van der Waals surface area contributed by atoms with Gasteiger partial charge in [-0.15, -0.1) is 0 Å². The van der Waals surface area contributed by atoms with Gasteiger partial charge in [0.05, 0.1) is 6.61 Å². The molecule has 0 aliphatic heterocycles. The number of hydrogen-bond acceptors (Lipinski definition) is 2. The summed E-state index contributed by atoms with van der Waals surface area (Å²) in [5, 5.41) is 9.41. The van der Waals surface area contributed by atoms with E-state index in [0.29, 0.717) is 23.3 Å². The van der Waals surface area contributed by atoms with Crippen molar-refractivity contribution < 1.29 is 5.11 Å². The largest absolute Gasteiger partial charge is 0.396 e. The van der Waals surface area contributed by atoms with E-state index in [1.807, 2.05) is 12.1 Å². The summed E-state index contributed by atoms with van der Waals surface area (Å²) in [6, 6.07) is 8.24. The summed E-state index contributed by atoms with van der Waals surface area (Å²) >= 11 is 6.12. The Hall–Kier alpha value is -1.32. The molecule has 1 heterocycles. The Morgan fingerprint density at radius 1 is 1.28 bits per heavy atom. The number of aromatic nitrogens is 2. The maximum absolute atomic E-state index is 8.88. The van der Waals surface area contributed by atoms with Gasteiger partial charge in [-0.3, -0.25) is 0 Å².